The maximum absolute atomic E-state index is 16.8. The minimum absolute atomic E-state index is 0.0265. The minimum Gasteiger partial charge on any atom is -0.508 e. The van der Waals surface area contributed by atoms with E-state index in [1.54, 1.807) is 18.3 Å². The summed E-state index contributed by atoms with van der Waals surface area (Å²) >= 11 is 1.95. The van der Waals surface area contributed by atoms with Crippen LogP contribution in [0.15, 0.2) is 30.5 Å². The molecule has 0 unspecified atom stereocenters. The van der Waals surface area contributed by atoms with Gasteiger partial charge in [0.05, 0.1) is 10.9 Å². The Morgan fingerprint density at radius 2 is 1.96 bits per heavy atom. The van der Waals surface area contributed by atoms with Crippen LogP contribution in [-0.2, 0) is 6.42 Å². The van der Waals surface area contributed by atoms with E-state index in [-0.39, 0.29) is 35.0 Å². The molecule has 4 aromatic rings. The van der Waals surface area contributed by atoms with E-state index in [1.165, 1.54) is 12.1 Å². The molecular weight excluding hydrogens is 599 g/mol. The first-order chi connectivity index (χ1) is 21.8. The van der Waals surface area contributed by atoms with E-state index in [9.17, 15) is 13.9 Å². The van der Waals surface area contributed by atoms with Gasteiger partial charge in [0, 0.05) is 54.7 Å². The van der Waals surface area contributed by atoms with Crippen molar-refractivity contribution < 1.29 is 23.0 Å². The van der Waals surface area contributed by atoms with Crippen LogP contribution in [-0.4, -0.2) is 81.0 Å². The SMILES string of the molecule is CCc1c(F)ccc2cc(O)cc(-c3ncc4c(N5CCCC6(CSC6)C5)nc(OC[C@@]56CCCN5C[C@H](F)C6)nc4c3F)c12. The first-order valence-corrected chi connectivity index (χ1v) is 17.1. The number of fused-ring (bicyclic) bond motifs is 3. The second kappa shape index (κ2) is 10.9. The highest BCUT2D eigenvalue weighted by molar-refractivity contribution is 8.00. The summed E-state index contributed by atoms with van der Waals surface area (Å²) in [4.78, 5) is 18.4. The van der Waals surface area contributed by atoms with Crippen molar-refractivity contribution in [3.8, 4) is 23.0 Å². The van der Waals surface area contributed by atoms with Crippen molar-refractivity contribution in [2.45, 2.75) is 57.2 Å². The van der Waals surface area contributed by atoms with Gasteiger partial charge in [0.2, 0.25) is 0 Å². The molecule has 0 radical (unpaired) electrons. The number of rotatable bonds is 6. The number of aromatic nitrogens is 3. The Balaban J connectivity index is 1.27. The quantitative estimate of drug-likeness (QED) is 0.252. The Labute approximate surface area is 264 Å². The average molecular weight is 636 g/mol. The molecular formula is C34H36F3N5O2S. The number of pyridine rings is 1. The van der Waals surface area contributed by atoms with E-state index >= 15 is 4.39 Å². The highest BCUT2D eigenvalue weighted by atomic mass is 32.2. The second-order valence-electron chi connectivity index (χ2n) is 13.4. The van der Waals surface area contributed by atoms with Gasteiger partial charge in [0.1, 0.15) is 41.4 Å². The summed E-state index contributed by atoms with van der Waals surface area (Å²) in [5, 5.41) is 12.2. The lowest BCUT2D eigenvalue weighted by atomic mass is 9.82. The number of piperidine rings is 1. The summed E-state index contributed by atoms with van der Waals surface area (Å²) in [7, 11) is 0. The van der Waals surface area contributed by atoms with Crippen molar-refractivity contribution >= 4 is 39.3 Å². The number of benzene rings is 2. The molecule has 0 saturated carbocycles. The number of halogens is 3. The summed E-state index contributed by atoms with van der Waals surface area (Å²) in [5.74, 6) is 1.62. The van der Waals surface area contributed by atoms with Crippen LogP contribution in [0, 0.1) is 17.0 Å². The average Bonchev–Trinajstić information content (AvgIpc) is 3.55. The molecule has 0 bridgehead atoms. The molecule has 1 N–H and O–H groups in total. The van der Waals surface area contributed by atoms with Gasteiger partial charge in [-0.25, -0.2) is 13.2 Å². The lowest BCUT2D eigenvalue weighted by Crippen LogP contribution is -2.51. The Bertz CT molecular complexity index is 1820. The van der Waals surface area contributed by atoms with Gasteiger partial charge < -0.3 is 14.7 Å². The fourth-order valence-corrected chi connectivity index (χ4v) is 9.46. The van der Waals surface area contributed by atoms with E-state index in [0.717, 1.165) is 56.8 Å². The lowest BCUT2D eigenvalue weighted by molar-refractivity contribution is 0.107. The third-order valence-electron chi connectivity index (χ3n) is 10.4. The molecule has 2 aromatic heterocycles. The van der Waals surface area contributed by atoms with Gasteiger partial charge in [0.15, 0.2) is 5.82 Å². The zero-order valence-electron chi connectivity index (χ0n) is 25.3. The first-order valence-electron chi connectivity index (χ1n) is 15.9. The van der Waals surface area contributed by atoms with Crippen LogP contribution in [0.1, 0.15) is 44.6 Å². The fourth-order valence-electron chi connectivity index (χ4n) is 8.21. The summed E-state index contributed by atoms with van der Waals surface area (Å²) in [6, 6.07) is 5.98. The van der Waals surface area contributed by atoms with Gasteiger partial charge in [-0.1, -0.05) is 13.0 Å². The van der Waals surface area contributed by atoms with Crippen LogP contribution in [0.25, 0.3) is 32.9 Å². The fraction of sp³-hybridized carbons (Fsp3) is 0.500. The normalized spacial score (nSPS) is 24.4. The maximum Gasteiger partial charge on any atom is 0.319 e. The third kappa shape index (κ3) is 4.80. The maximum atomic E-state index is 16.8. The molecule has 4 fully saturated rings. The van der Waals surface area contributed by atoms with E-state index < -0.39 is 23.3 Å². The Morgan fingerprint density at radius 3 is 2.76 bits per heavy atom. The number of alkyl halides is 1. The number of hydrogen-bond acceptors (Lipinski definition) is 8. The van der Waals surface area contributed by atoms with Crippen molar-refractivity contribution in [1.29, 1.82) is 0 Å². The van der Waals surface area contributed by atoms with Crippen molar-refractivity contribution in [3.05, 3.63) is 47.7 Å². The molecule has 7 nitrogen and oxygen atoms in total. The Hall–Kier alpha value is -3.31. The van der Waals surface area contributed by atoms with Crippen molar-refractivity contribution in [3.63, 3.8) is 0 Å². The molecule has 1 spiro atoms. The van der Waals surface area contributed by atoms with Crippen molar-refractivity contribution in [1.82, 2.24) is 19.9 Å². The summed E-state index contributed by atoms with van der Waals surface area (Å²) in [6.07, 6.45) is 5.46. The van der Waals surface area contributed by atoms with E-state index in [2.05, 4.69) is 19.8 Å². The number of anilines is 1. The van der Waals surface area contributed by atoms with Crippen LogP contribution >= 0.6 is 11.8 Å². The molecule has 4 aliphatic rings. The number of hydrogen-bond donors (Lipinski definition) is 1. The largest absolute Gasteiger partial charge is 0.508 e. The van der Waals surface area contributed by atoms with E-state index in [1.807, 2.05) is 18.7 Å². The number of ether oxygens (including phenoxy) is 1. The third-order valence-corrected chi connectivity index (χ3v) is 12.0. The Morgan fingerprint density at radius 1 is 1.11 bits per heavy atom. The number of phenols is 1. The molecule has 45 heavy (non-hydrogen) atoms. The van der Waals surface area contributed by atoms with Crippen LogP contribution in [0.2, 0.25) is 0 Å². The van der Waals surface area contributed by atoms with Crippen LogP contribution < -0.4 is 9.64 Å². The second-order valence-corrected chi connectivity index (χ2v) is 14.4. The van der Waals surface area contributed by atoms with Gasteiger partial charge in [0.25, 0.3) is 0 Å². The molecule has 0 aliphatic carbocycles. The monoisotopic (exact) mass is 635 g/mol. The number of nitrogens with zero attached hydrogens (tertiary/aromatic N) is 5. The number of phenolic OH excluding ortho intramolecular Hbond substituents is 1. The van der Waals surface area contributed by atoms with Crippen LogP contribution in [0.4, 0.5) is 19.0 Å². The number of aromatic hydroxyl groups is 1. The zero-order chi connectivity index (χ0) is 30.9. The molecule has 11 heteroatoms. The topological polar surface area (TPSA) is 74.6 Å². The number of aryl methyl sites for hydroxylation is 1. The highest BCUT2D eigenvalue weighted by Crippen LogP contribution is 2.47. The molecule has 4 aliphatic heterocycles. The van der Waals surface area contributed by atoms with Crippen LogP contribution in [0.5, 0.6) is 11.8 Å². The molecule has 0 amide bonds. The molecule has 8 rings (SSSR count). The predicted octanol–water partition coefficient (Wildman–Crippen LogP) is 6.68. The molecule has 4 saturated heterocycles. The zero-order valence-corrected chi connectivity index (χ0v) is 26.1. The molecule has 2 atom stereocenters. The first kappa shape index (κ1) is 29.1. The van der Waals surface area contributed by atoms with Crippen molar-refractivity contribution in [2.24, 2.45) is 5.41 Å². The summed E-state index contributed by atoms with van der Waals surface area (Å²) in [5.41, 5.74) is 0.575. The molecule has 6 heterocycles. The Kier molecular flexibility index (Phi) is 7.05. The van der Waals surface area contributed by atoms with E-state index in [4.69, 9.17) is 9.72 Å². The summed E-state index contributed by atoms with van der Waals surface area (Å²) in [6.45, 7) is 4.90. The predicted molar refractivity (Wildman–Crippen MR) is 171 cm³/mol. The van der Waals surface area contributed by atoms with Gasteiger partial charge in [-0.3, -0.25) is 9.88 Å². The van der Waals surface area contributed by atoms with Gasteiger partial charge >= 0.3 is 6.01 Å². The van der Waals surface area contributed by atoms with Crippen molar-refractivity contribution in [2.75, 3.05) is 49.2 Å². The van der Waals surface area contributed by atoms with Gasteiger partial charge in [-0.15, -0.1) is 0 Å². The van der Waals surface area contributed by atoms with Crippen LogP contribution in [0.3, 0.4) is 0 Å². The van der Waals surface area contributed by atoms with E-state index in [0.29, 0.717) is 52.5 Å². The molecule has 236 valence electrons. The van der Waals surface area contributed by atoms with Gasteiger partial charge in [-0.2, -0.15) is 21.7 Å². The standard InChI is InChI=1S/C34H36F3N5O2S/c1-2-23-26(36)6-5-20-11-22(43)12-24(27(20)23)29-28(37)30-25(14-38-29)31(41-9-3-7-33(16-41)18-45-19-33)40-32(39-30)44-17-34-8-4-10-42(34)15-21(35)13-34/h5-6,11-12,14,21,43H,2-4,7-10,13,15-19H2,1H3/t21-,34+/m1/s1. The molecule has 2 aromatic carbocycles. The van der Waals surface area contributed by atoms with Gasteiger partial charge in [-0.05, 0) is 73.2 Å². The summed E-state index contributed by atoms with van der Waals surface area (Å²) < 4.78 is 52.6. The lowest BCUT2D eigenvalue weighted by Gasteiger charge is -2.48. The number of thioether (sulfide) groups is 1. The minimum atomic E-state index is -0.895. The smallest absolute Gasteiger partial charge is 0.319 e. The highest BCUT2D eigenvalue weighted by Gasteiger charge is 2.49.